The molecule has 2 aromatic rings. The summed E-state index contributed by atoms with van der Waals surface area (Å²) in [6, 6.07) is 8.55. The maximum Gasteiger partial charge on any atom is 0.215 e. The third kappa shape index (κ3) is 3.40. The molecule has 0 bridgehead atoms. The van der Waals surface area contributed by atoms with E-state index in [0.29, 0.717) is 6.42 Å². The quantitative estimate of drug-likeness (QED) is 0.853. The van der Waals surface area contributed by atoms with Crippen molar-refractivity contribution in [2.24, 2.45) is 5.73 Å². The largest absolute Gasteiger partial charge is 0.326 e. The first-order valence-corrected chi connectivity index (χ1v) is 10.6. The van der Waals surface area contributed by atoms with E-state index in [1.807, 2.05) is 0 Å². The molecular weight excluding hydrogens is 342 g/mol. The molecule has 0 aliphatic rings. The molecule has 0 spiro atoms. The minimum atomic E-state index is -3.63. The molecule has 2 rings (SSSR count). The Morgan fingerprint density at radius 1 is 0.955 bits per heavy atom. The second-order valence-corrected chi connectivity index (χ2v) is 10.2. The standard InChI is InChI=1S/C14H17NO4S3/c1-2-9-21(16,17)12-4-6-13(7-5-12)22(18,19)14-8-3-11(10-15)20-14/h3-8H,2,9-10,15H2,1H3. The van der Waals surface area contributed by atoms with Crippen molar-refractivity contribution in [3.63, 3.8) is 0 Å². The van der Waals surface area contributed by atoms with Gasteiger partial charge in [0.25, 0.3) is 0 Å². The van der Waals surface area contributed by atoms with Crippen molar-refractivity contribution in [1.82, 2.24) is 0 Å². The number of sulfone groups is 2. The number of nitrogens with two attached hydrogens (primary N) is 1. The van der Waals surface area contributed by atoms with E-state index in [9.17, 15) is 16.8 Å². The molecule has 120 valence electrons. The smallest absolute Gasteiger partial charge is 0.215 e. The van der Waals surface area contributed by atoms with Gasteiger partial charge in [-0.05, 0) is 42.8 Å². The van der Waals surface area contributed by atoms with Gasteiger partial charge < -0.3 is 5.73 Å². The molecule has 0 saturated carbocycles. The van der Waals surface area contributed by atoms with Crippen molar-refractivity contribution in [3.8, 4) is 0 Å². The van der Waals surface area contributed by atoms with Gasteiger partial charge in [-0.1, -0.05) is 6.92 Å². The summed E-state index contributed by atoms with van der Waals surface area (Å²) >= 11 is 1.12. The average Bonchev–Trinajstić information content (AvgIpc) is 2.97. The molecule has 0 amide bonds. The van der Waals surface area contributed by atoms with Crippen LogP contribution >= 0.6 is 11.3 Å². The summed E-state index contributed by atoms with van der Waals surface area (Å²) < 4.78 is 49.0. The Labute approximate surface area is 134 Å². The van der Waals surface area contributed by atoms with Crippen LogP contribution in [0.3, 0.4) is 0 Å². The number of hydrogen-bond acceptors (Lipinski definition) is 6. The fourth-order valence-corrected chi connectivity index (χ4v) is 5.90. The third-order valence-electron chi connectivity index (χ3n) is 3.07. The fourth-order valence-electron chi connectivity index (χ4n) is 1.94. The van der Waals surface area contributed by atoms with Gasteiger partial charge >= 0.3 is 0 Å². The van der Waals surface area contributed by atoms with Crippen LogP contribution in [0.25, 0.3) is 0 Å². The molecule has 8 heteroatoms. The van der Waals surface area contributed by atoms with Crippen LogP contribution in [0.15, 0.2) is 50.4 Å². The van der Waals surface area contributed by atoms with Crippen LogP contribution in [-0.2, 0) is 26.2 Å². The molecule has 5 nitrogen and oxygen atoms in total. The van der Waals surface area contributed by atoms with Gasteiger partial charge in [-0.3, -0.25) is 0 Å². The van der Waals surface area contributed by atoms with E-state index < -0.39 is 19.7 Å². The Morgan fingerprint density at radius 2 is 1.55 bits per heavy atom. The monoisotopic (exact) mass is 359 g/mol. The highest BCUT2D eigenvalue weighted by molar-refractivity contribution is 7.93. The van der Waals surface area contributed by atoms with Gasteiger partial charge in [0.1, 0.15) is 4.21 Å². The van der Waals surface area contributed by atoms with Crippen molar-refractivity contribution in [2.45, 2.75) is 33.9 Å². The zero-order valence-corrected chi connectivity index (χ0v) is 14.5. The second kappa shape index (κ2) is 6.49. The first-order valence-electron chi connectivity index (χ1n) is 6.68. The molecule has 22 heavy (non-hydrogen) atoms. The van der Waals surface area contributed by atoms with E-state index in [2.05, 4.69) is 0 Å². The minimum Gasteiger partial charge on any atom is -0.326 e. The number of rotatable bonds is 6. The van der Waals surface area contributed by atoms with Gasteiger partial charge in [0.2, 0.25) is 9.84 Å². The molecule has 2 N–H and O–H groups in total. The number of thiophene rings is 1. The van der Waals surface area contributed by atoms with Gasteiger partial charge in [-0.25, -0.2) is 16.8 Å². The molecule has 1 aromatic carbocycles. The summed E-state index contributed by atoms with van der Waals surface area (Å²) in [6.07, 6.45) is 0.513. The second-order valence-electron chi connectivity index (χ2n) is 4.72. The zero-order valence-electron chi connectivity index (χ0n) is 12.0. The van der Waals surface area contributed by atoms with Crippen molar-refractivity contribution < 1.29 is 16.8 Å². The van der Waals surface area contributed by atoms with Gasteiger partial charge in [-0.15, -0.1) is 11.3 Å². The maximum absolute atomic E-state index is 12.5. The number of benzene rings is 1. The number of hydrogen-bond donors (Lipinski definition) is 1. The molecule has 1 heterocycles. The van der Waals surface area contributed by atoms with Crippen molar-refractivity contribution >= 4 is 31.0 Å². The molecule has 0 radical (unpaired) electrons. The Hall–Kier alpha value is -1.22. The van der Waals surface area contributed by atoms with Crippen molar-refractivity contribution in [1.29, 1.82) is 0 Å². The third-order valence-corrected chi connectivity index (χ3v) is 8.37. The Morgan fingerprint density at radius 3 is 2.05 bits per heavy atom. The molecular formula is C14H17NO4S3. The Bertz CT molecular complexity index is 850. The summed E-state index contributed by atoms with van der Waals surface area (Å²) in [5.41, 5.74) is 5.49. The topological polar surface area (TPSA) is 94.3 Å². The highest BCUT2D eigenvalue weighted by atomic mass is 32.2. The summed E-state index contributed by atoms with van der Waals surface area (Å²) in [4.78, 5) is 0.996. The molecule has 0 aliphatic carbocycles. The lowest BCUT2D eigenvalue weighted by Crippen LogP contribution is -2.06. The minimum absolute atomic E-state index is 0.0455. The van der Waals surface area contributed by atoms with E-state index >= 15 is 0 Å². The Kier molecular flexibility index (Phi) is 5.06. The molecule has 0 saturated heterocycles. The van der Waals surface area contributed by atoms with Crippen LogP contribution in [0.2, 0.25) is 0 Å². The van der Waals surface area contributed by atoms with E-state index in [1.54, 1.807) is 13.0 Å². The lowest BCUT2D eigenvalue weighted by Gasteiger charge is -2.05. The van der Waals surface area contributed by atoms with Crippen LogP contribution in [-0.4, -0.2) is 22.6 Å². The van der Waals surface area contributed by atoms with E-state index in [0.717, 1.165) is 16.2 Å². The van der Waals surface area contributed by atoms with E-state index in [-0.39, 0.29) is 26.3 Å². The average molecular weight is 359 g/mol. The van der Waals surface area contributed by atoms with E-state index in [1.165, 1.54) is 30.3 Å². The first-order chi connectivity index (χ1) is 10.3. The lowest BCUT2D eigenvalue weighted by atomic mass is 10.4. The molecule has 0 unspecified atom stereocenters. The van der Waals surface area contributed by atoms with Crippen LogP contribution < -0.4 is 5.73 Å². The Balaban J connectivity index is 2.38. The first kappa shape index (κ1) is 17.1. The highest BCUT2D eigenvalue weighted by Crippen LogP contribution is 2.28. The molecule has 1 aromatic heterocycles. The predicted molar refractivity (Wildman–Crippen MR) is 86.4 cm³/mol. The van der Waals surface area contributed by atoms with Crippen molar-refractivity contribution in [3.05, 3.63) is 41.3 Å². The van der Waals surface area contributed by atoms with Crippen LogP contribution in [0.1, 0.15) is 18.2 Å². The highest BCUT2D eigenvalue weighted by Gasteiger charge is 2.21. The zero-order chi connectivity index (χ0) is 16.4. The maximum atomic E-state index is 12.5. The van der Waals surface area contributed by atoms with Gasteiger partial charge in [0.15, 0.2) is 9.84 Å². The predicted octanol–water partition coefficient (Wildman–Crippen LogP) is 2.22. The summed E-state index contributed by atoms with van der Waals surface area (Å²) in [6.45, 7) is 2.07. The molecule has 0 fully saturated rings. The van der Waals surface area contributed by atoms with Gasteiger partial charge in [-0.2, -0.15) is 0 Å². The fraction of sp³-hybridized carbons (Fsp3) is 0.286. The van der Waals surface area contributed by atoms with Crippen LogP contribution in [0, 0.1) is 0 Å². The van der Waals surface area contributed by atoms with Crippen LogP contribution in [0.4, 0.5) is 0 Å². The normalized spacial score (nSPS) is 12.5. The SMILES string of the molecule is CCCS(=O)(=O)c1ccc(S(=O)(=O)c2ccc(CN)s2)cc1. The summed E-state index contributed by atoms with van der Waals surface area (Å²) in [5, 5.41) is 0. The molecule has 0 atom stereocenters. The van der Waals surface area contributed by atoms with Crippen LogP contribution in [0.5, 0.6) is 0 Å². The van der Waals surface area contributed by atoms with Gasteiger partial charge in [0.05, 0.1) is 15.5 Å². The van der Waals surface area contributed by atoms with Gasteiger partial charge in [0, 0.05) is 11.4 Å². The summed E-state index contributed by atoms with van der Waals surface area (Å²) in [7, 11) is -6.98. The van der Waals surface area contributed by atoms with E-state index in [4.69, 9.17) is 5.73 Å². The van der Waals surface area contributed by atoms with Crippen molar-refractivity contribution in [2.75, 3.05) is 5.75 Å². The molecule has 0 aliphatic heterocycles. The summed E-state index contributed by atoms with van der Waals surface area (Å²) in [5.74, 6) is 0.0455. The lowest BCUT2D eigenvalue weighted by molar-refractivity contribution is 0.592.